The number of methoxy groups -OCH3 is 1. The number of hydrogen-bond acceptors (Lipinski definition) is 4. The molecule has 20 heavy (non-hydrogen) atoms. The van der Waals surface area contributed by atoms with E-state index < -0.39 is 0 Å². The van der Waals surface area contributed by atoms with Gasteiger partial charge in [-0.3, -0.25) is 4.79 Å². The minimum atomic E-state index is -0.288. The Morgan fingerprint density at radius 2 is 1.85 bits per heavy atom. The van der Waals surface area contributed by atoms with Gasteiger partial charge in [-0.05, 0) is 40.3 Å². The monoisotopic (exact) mass is 287 g/mol. The number of ether oxygens (including phenoxy) is 1. The molecule has 0 heterocycles. The molecule has 0 aliphatic heterocycles. The molecule has 0 aromatic carbocycles. The Bertz CT molecular complexity index is 281. The third kappa shape index (κ3) is 7.99. The highest BCUT2D eigenvalue weighted by Gasteiger charge is 2.18. The quantitative estimate of drug-likeness (QED) is 0.470. The third-order valence-electron chi connectivity index (χ3n) is 3.25. The summed E-state index contributed by atoms with van der Waals surface area (Å²) in [6.07, 6.45) is 2.99. The molecule has 6 nitrogen and oxygen atoms in total. The van der Waals surface area contributed by atoms with Crippen molar-refractivity contribution in [3.63, 3.8) is 0 Å². The topological polar surface area (TPSA) is 70.7 Å². The van der Waals surface area contributed by atoms with Gasteiger partial charge in [0.1, 0.15) is 0 Å². The van der Waals surface area contributed by atoms with Gasteiger partial charge in [-0.2, -0.15) is 0 Å². The van der Waals surface area contributed by atoms with Crippen LogP contribution in [0.1, 0.15) is 39.5 Å². The van der Waals surface area contributed by atoms with Gasteiger partial charge in [0.05, 0.1) is 13.5 Å². The normalized spacial score (nSPS) is 11.8. The van der Waals surface area contributed by atoms with Crippen LogP contribution in [0.2, 0.25) is 0 Å². The van der Waals surface area contributed by atoms with Crippen LogP contribution in [-0.2, 0) is 9.53 Å². The zero-order chi connectivity index (χ0) is 15.4. The molecule has 0 bridgehead atoms. The third-order valence-corrected chi connectivity index (χ3v) is 3.25. The van der Waals surface area contributed by atoms with Gasteiger partial charge < -0.3 is 20.3 Å². The standard InChI is InChI=1S/C14H29N3O3/c1-5-17(6-2)14(19)16-12(11-13(18)20-4)9-7-8-10-15-3/h12,15H,5-11H2,1-4H3,(H,16,19)/t12-/m1/s1. The lowest BCUT2D eigenvalue weighted by Crippen LogP contribution is -2.45. The predicted octanol–water partition coefficient (Wildman–Crippen LogP) is 1.36. The number of urea groups is 1. The van der Waals surface area contributed by atoms with E-state index >= 15 is 0 Å². The van der Waals surface area contributed by atoms with E-state index in [2.05, 4.69) is 15.4 Å². The molecule has 0 aliphatic carbocycles. The van der Waals surface area contributed by atoms with E-state index in [4.69, 9.17) is 0 Å². The molecule has 0 fully saturated rings. The van der Waals surface area contributed by atoms with E-state index in [1.807, 2.05) is 20.9 Å². The van der Waals surface area contributed by atoms with Crippen LogP contribution in [0.5, 0.6) is 0 Å². The maximum Gasteiger partial charge on any atom is 0.317 e. The first-order valence-corrected chi connectivity index (χ1v) is 7.35. The lowest BCUT2D eigenvalue weighted by Gasteiger charge is -2.24. The summed E-state index contributed by atoms with van der Waals surface area (Å²) < 4.78 is 4.69. The molecule has 0 aromatic rings. The Hall–Kier alpha value is -1.30. The molecule has 0 rings (SSSR count). The molecule has 0 aromatic heterocycles. The van der Waals surface area contributed by atoms with Crippen molar-refractivity contribution in [3.05, 3.63) is 0 Å². The Labute approximate surface area is 122 Å². The van der Waals surface area contributed by atoms with E-state index in [0.29, 0.717) is 13.1 Å². The molecule has 118 valence electrons. The van der Waals surface area contributed by atoms with Gasteiger partial charge in [-0.15, -0.1) is 0 Å². The average Bonchev–Trinajstić information content (AvgIpc) is 2.44. The second-order valence-corrected chi connectivity index (χ2v) is 4.70. The number of carbonyl (C=O) groups excluding carboxylic acids is 2. The van der Waals surface area contributed by atoms with Gasteiger partial charge in [-0.25, -0.2) is 4.79 Å². The highest BCUT2D eigenvalue weighted by molar-refractivity contribution is 5.76. The van der Waals surface area contributed by atoms with Crippen LogP contribution in [0.25, 0.3) is 0 Å². The zero-order valence-electron chi connectivity index (χ0n) is 13.2. The molecule has 1 atom stereocenters. The van der Waals surface area contributed by atoms with Crippen LogP contribution in [-0.4, -0.2) is 56.7 Å². The molecule has 2 amide bonds. The van der Waals surface area contributed by atoms with Crippen molar-refractivity contribution < 1.29 is 14.3 Å². The number of hydrogen-bond donors (Lipinski definition) is 2. The van der Waals surface area contributed by atoms with Crippen LogP contribution in [0, 0.1) is 0 Å². The average molecular weight is 287 g/mol. The second-order valence-electron chi connectivity index (χ2n) is 4.70. The Balaban J connectivity index is 4.35. The number of rotatable bonds is 10. The molecular weight excluding hydrogens is 258 g/mol. The van der Waals surface area contributed by atoms with Crippen molar-refractivity contribution in [1.82, 2.24) is 15.5 Å². The molecule has 0 spiro atoms. The lowest BCUT2D eigenvalue weighted by atomic mass is 10.1. The highest BCUT2D eigenvalue weighted by atomic mass is 16.5. The van der Waals surface area contributed by atoms with Crippen molar-refractivity contribution in [2.45, 2.75) is 45.6 Å². The number of carbonyl (C=O) groups is 2. The summed E-state index contributed by atoms with van der Waals surface area (Å²) >= 11 is 0. The molecule has 6 heteroatoms. The van der Waals surface area contributed by atoms with Crippen molar-refractivity contribution in [3.8, 4) is 0 Å². The van der Waals surface area contributed by atoms with E-state index in [9.17, 15) is 9.59 Å². The molecule has 2 N–H and O–H groups in total. The molecule has 0 radical (unpaired) electrons. The summed E-state index contributed by atoms with van der Waals surface area (Å²) in [5.41, 5.74) is 0. The van der Waals surface area contributed by atoms with Gasteiger partial charge in [0, 0.05) is 19.1 Å². The Morgan fingerprint density at radius 1 is 1.20 bits per heavy atom. The molecular formula is C14H29N3O3. The van der Waals surface area contributed by atoms with Crippen LogP contribution in [0.3, 0.4) is 0 Å². The van der Waals surface area contributed by atoms with Gasteiger partial charge in [0.2, 0.25) is 0 Å². The fraction of sp³-hybridized carbons (Fsp3) is 0.857. The first-order chi connectivity index (χ1) is 9.58. The predicted molar refractivity (Wildman–Crippen MR) is 79.7 cm³/mol. The second kappa shape index (κ2) is 11.5. The first-order valence-electron chi connectivity index (χ1n) is 7.35. The summed E-state index contributed by atoms with van der Waals surface area (Å²) in [6, 6.07) is -0.273. The smallest absolute Gasteiger partial charge is 0.317 e. The van der Waals surface area contributed by atoms with Crippen molar-refractivity contribution in [2.75, 3.05) is 33.8 Å². The fourth-order valence-electron chi connectivity index (χ4n) is 1.98. The van der Waals surface area contributed by atoms with Gasteiger partial charge in [0.25, 0.3) is 0 Å². The number of nitrogens with zero attached hydrogens (tertiary/aromatic N) is 1. The summed E-state index contributed by atoms with van der Waals surface area (Å²) in [7, 11) is 3.28. The van der Waals surface area contributed by atoms with Crippen LogP contribution in [0.15, 0.2) is 0 Å². The maximum absolute atomic E-state index is 12.0. The van der Waals surface area contributed by atoms with Crippen LogP contribution in [0.4, 0.5) is 4.79 Å². The molecule has 0 unspecified atom stereocenters. The number of nitrogens with one attached hydrogen (secondary N) is 2. The maximum atomic E-state index is 12.0. The van der Waals surface area contributed by atoms with Crippen molar-refractivity contribution in [2.24, 2.45) is 0 Å². The Kier molecular flexibility index (Phi) is 10.8. The minimum absolute atomic E-state index is 0.113. The van der Waals surface area contributed by atoms with Crippen molar-refractivity contribution in [1.29, 1.82) is 0 Å². The van der Waals surface area contributed by atoms with E-state index in [0.717, 1.165) is 25.8 Å². The fourth-order valence-corrected chi connectivity index (χ4v) is 1.98. The molecule has 0 saturated heterocycles. The molecule has 0 aliphatic rings. The minimum Gasteiger partial charge on any atom is -0.469 e. The zero-order valence-corrected chi connectivity index (χ0v) is 13.2. The summed E-state index contributed by atoms with van der Waals surface area (Å²) in [5.74, 6) is -0.288. The number of unbranched alkanes of at least 4 members (excludes halogenated alkanes) is 1. The van der Waals surface area contributed by atoms with Crippen LogP contribution >= 0.6 is 0 Å². The molecule has 0 saturated carbocycles. The summed E-state index contributed by atoms with van der Waals surface area (Å²) in [5, 5.41) is 6.01. The summed E-state index contributed by atoms with van der Waals surface area (Å²) in [6.45, 7) is 6.13. The first kappa shape index (κ1) is 18.7. The van der Waals surface area contributed by atoms with Crippen molar-refractivity contribution >= 4 is 12.0 Å². The largest absolute Gasteiger partial charge is 0.469 e. The van der Waals surface area contributed by atoms with Gasteiger partial charge >= 0.3 is 12.0 Å². The van der Waals surface area contributed by atoms with E-state index in [1.54, 1.807) is 4.90 Å². The number of esters is 1. The lowest BCUT2D eigenvalue weighted by molar-refractivity contribution is -0.141. The summed E-state index contributed by atoms with van der Waals surface area (Å²) in [4.78, 5) is 25.1. The SMILES string of the molecule is CCN(CC)C(=O)N[C@H](CCCCNC)CC(=O)OC. The van der Waals surface area contributed by atoms with E-state index in [1.165, 1.54) is 7.11 Å². The van der Waals surface area contributed by atoms with Gasteiger partial charge in [-0.1, -0.05) is 6.42 Å². The number of amides is 2. The van der Waals surface area contributed by atoms with Gasteiger partial charge in [0.15, 0.2) is 0 Å². The van der Waals surface area contributed by atoms with Crippen LogP contribution < -0.4 is 10.6 Å². The highest BCUT2D eigenvalue weighted by Crippen LogP contribution is 2.07. The Morgan fingerprint density at radius 3 is 2.35 bits per heavy atom. The van der Waals surface area contributed by atoms with E-state index in [-0.39, 0.29) is 24.5 Å².